The minimum absolute atomic E-state index is 0.132. The molecule has 1 aromatic carbocycles. The van der Waals surface area contributed by atoms with Crippen molar-refractivity contribution >= 4 is 23.4 Å². The maximum Gasteiger partial charge on any atom is 0.338 e. The van der Waals surface area contributed by atoms with Crippen LogP contribution in [0.25, 0.3) is 0 Å². The second kappa shape index (κ2) is 6.55. The molecule has 1 atom stereocenters. The van der Waals surface area contributed by atoms with E-state index in [0.29, 0.717) is 24.2 Å². The molecule has 1 unspecified atom stereocenters. The lowest BCUT2D eigenvalue weighted by atomic mass is 9.95. The molecule has 1 aromatic rings. The number of carbonyl (C=O) groups is 2. The monoisotopic (exact) mass is 268 g/mol. The standard InChI is InChI=1S/C14H17ClO3/c1-4-10-11(13(15)9(3)16)7-6-8-12(10)14(17)18-5-2/h6-8,13H,4-5H2,1-3H3. The van der Waals surface area contributed by atoms with Crippen LogP contribution in [0.5, 0.6) is 0 Å². The second-order valence-electron chi connectivity index (χ2n) is 3.92. The lowest BCUT2D eigenvalue weighted by Crippen LogP contribution is -2.12. The van der Waals surface area contributed by atoms with E-state index >= 15 is 0 Å². The van der Waals surface area contributed by atoms with E-state index in [2.05, 4.69) is 0 Å². The lowest BCUT2D eigenvalue weighted by molar-refractivity contribution is -0.116. The summed E-state index contributed by atoms with van der Waals surface area (Å²) in [7, 11) is 0. The summed E-state index contributed by atoms with van der Waals surface area (Å²) >= 11 is 6.08. The third kappa shape index (κ3) is 3.10. The van der Waals surface area contributed by atoms with Crippen molar-refractivity contribution in [2.45, 2.75) is 32.6 Å². The maximum atomic E-state index is 11.8. The number of benzene rings is 1. The van der Waals surface area contributed by atoms with Crippen LogP contribution in [0.4, 0.5) is 0 Å². The fraction of sp³-hybridized carbons (Fsp3) is 0.429. The molecule has 0 aliphatic carbocycles. The van der Waals surface area contributed by atoms with Gasteiger partial charge in [-0.25, -0.2) is 4.79 Å². The minimum Gasteiger partial charge on any atom is -0.462 e. The molecule has 0 aromatic heterocycles. The van der Waals surface area contributed by atoms with Gasteiger partial charge in [0.2, 0.25) is 0 Å². The second-order valence-corrected chi connectivity index (χ2v) is 4.36. The molecule has 0 amide bonds. The van der Waals surface area contributed by atoms with Crippen LogP contribution in [0.3, 0.4) is 0 Å². The third-order valence-corrected chi connectivity index (χ3v) is 3.23. The highest BCUT2D eigenvalue weighted by molar-refractivity contribution is 6.31. The molecule has 0 fully saturated rings. The Labute approximate surface area is 112 Å². The van der Waals surface area contributed by atoms with Crippen LogP contribution in [0, 0.1) is 0 Å². The van der Waals surface area contributed by atoms with Crippen molar-refractivity contribution in [1.82, 2.24) is 0 Å². The SMILES string of the molecule is CCOC(=O)c1cccc(C(Cl)C(C)=O)c1CC. The van der Waals surface area contributed by atoms with Crippen molar-refractivity contribution in [3.05, 3.63) is 34.9 Å². The Morgan fingerprint density at radius 3 is 2.50 bits per heavy atom. The van der Waals surface area contributed by atoms with E-state index in [9.17, 15) is 9.59 Å². The van der Waals surface area contributed by atoms with Gasteiger partial charge in [0.1, 0.15) is 5.38 Å². The van der Waals surface area contributed by atoms with Crippen LogP contribution in [0.2, 0.25) is 0 Å². The van der Waals surface area contributed by atoms with Crippen molar-refractivity contribution in [2.75, 3.05) is 6.61 Å². The molecule has 0 saturated carbocycles. The number of rotatable bonds is 5. The summed E-state index contributed by atoms with van der Waals surface area (Å²) in [5, 5.41) is -0.714. The van der Waals surface area contributed by atoms with Gasteiger partial charge in [-0.2, -0.15) is 0 Å². The molecule has 0 aliphatic heterocycles. The molecule has 0 radical (unpaired) electrons. The molecule has 0 heterocycles. The molecule has 98 valence electrons. The van der Waals surface area contributed by atoms with E-state index in [1.54, 1.807) is 25.1 Å². The first kappa shape index (κ1) is 14.7. The Balaban J connectivity index is 3.26. The van der Waals surface area contributed by atoms with Crippen LogP contribution < -0.4 is 0 Å². The normalized spacial score (nSPS) is 12.0. The molecular formula is C14H17ClO3. The number of Topliss-reactive ketones (excluding diaryl/α,β-unsaturated/α-hetero) is 1. The molecule has 0 spiro atoms. The summed E-state index contributed by atoms with van der Waals surface area (Å²) < 4.78 is 5.00. The number of ether oxygens (including phenoxy) is 1. The van der Waals surface area contributed by atoms with Crippen molar-refractivity contribution in [2.24, 2.45) is 0 Å². The van der Waals surface area contributed by atoms with Crippen LogP contribution in [-0.2, 0) is 16.0 Å². The molecule has 0 N–H and O–H groups in total. The Bertz CT molecular complexity index is 454. The van der Waals surface area contributed by atoms with Crippen LogP contribution in [0.1, 0.15) is 47.6 Å². The minimum atomic E-state index is -0.714. The first-order valence-corrected chi connectivity index (χ1v) is 6.39. The van der Waals surface area contributed by atoms with Gasteiger partial charge in [0.25, 0.3) is 0 Å². The van der Waals surface area contributed by atoms with Crippen LogP contribution >= 0.6 is 11.6 Å². The van der Waals surface area contributed by atoms with Crippen molar-refractivity contribution in [3.63, 3.8) is 0 Å². The van der Waals surface area contributed by atoms with Gasteiger partial charge >= 0.3 is 5.97 Å². The van der Waals surface area contributed by atoms with Crippen molar-refractivity contribution in [1.29, 1.82) is 0 Å². The van der Waals surface area contributed by atoms with E-state index in [1.165, 1.54) is 6.92 Å². The van der Waals surface area contributed by atoms with E-state index in [1.807, 2.05) is 6.92 Å². The number of carbonyl (C=O) groups excluding carboxylic acids is 2. The van der Waals surface area contributed by atoms with Crippen molar-refractivity contribution in [3.8, 4) is 0 Å². The predicted octanol–water partition coefficient (Wildman–Crippen LogP) is 3.29. The summed E-state index contributed by atoms with van der Waals surface area (Å²) in [5.41, 5.74) is 1.96. The Morgan fingerprint density at radius 2 is 2.00 bits per heavy atom. The number of hydrogen-bond donors (Lipinski definition) is 0. The summed E-state index contributed by atoms with van der Waals surface area (Å²) in [6.07, 6.45) is 0.626. The molecule has 0 aliphatic rings. The van der Waals surface area contributed by atoms with Gasteiger partial charge in [0, 0.05) is 0 Å². The van der Waals surface area contributed by atoms with Crippen LogP contribution in [0.15, 0.2) is 18.2 Å². The zero-order valence-corrected chi connectivity index (χ0v) is 11.6. The van der Waals surface area contributed by atoms with Gasteiger partial charge in [0.05, 0.1) is 12.2 Å². The zero-order valence-electron chi connectivity index (χ0n) is 10.8. The average Bonchev–Trinajstić information content (AvgIpc) is 2.36. The van der Waals surface area contributed by atoms with Gasteiger partial charge < -0.3 is 4.74 Å². The Kier molecular flexibility index (Phi) is 5.35. The average molecular weight is 269 g/mol. The van der Waals surface area contributed by atoms with Gasteiger partial charge in [-0.1, -0.05) is 19.1 Å². The van der Waals surface area contributed by atoms with E-state index in [-0.39, 0.29) is 11.8 Å². The number of alkyl halides is 1. The first-order chi connectivity index (χ1) is 8.52. The molecule has 3 nitrogen and oxygen atoms in total. The number of ketones is 1. The summed E-state index contributed by atoms with van der Waals surface area (Å²) in [5.74, 6) is -0.504. The molecule has 4 heteroatoms. The van der Waals surface area contributed by atoms with E-state index < -0.39 is 5.38 Å². The Morgan fingerprint density at radius 1 is 1.33 bits per heavy atom. The van der Waals surface area contributed by atoms with E-state index in [4.69, 9.17) is 16.3 Å². The summed E-state index contributed by atoms with van der Waals surface area (Å²) in [6.45, 7) is 5.44. The zero-order chi connectivity index (χ0) is 13.7. The molecule has 18 heavy (non-hydrogen) atoms. The number of esters is 1. The predicted molar refractivity (Wildman–Crippen MR) is 71.1 cm³/mol. The van der Waals surface area contributed by atoms with Crippen LogP contribution in [-0.4, -0.2) is 18.4 Å². The fourth-order valence-corrected chi connectivity index (χ4v) is 2.06. The quantitative estimate of drug-likeness (QED) is 0.608. The molecule has 1 rings (SSSR count). The van der Waals surface area contributed by atoms with Gasteiger partial charge in [-0.3, -0.25) is 4.79 Å². The summed E-state index contributed by atoms with van der Waals surface area (Å²) in [4.78, 5) is 23.2. The molecule has 0 saturated heterocycles. The highest BCUT2D eigenvalue weighted by Gasteiger charge is 2.21. The topological polar surface area (TPSA) is 43.4 Å². The third-order valence-electron chi connectivity index (χ3n) is 2.69. The lowest BCUT2D eigenvalue weighted by Gasteiger charge is -2.15. The molecule has 0 bridgehead atoms. The molecular weight excluding hydrogens is 252 g/mol. The highest BCUT2D eigenvalue weighted by atomic mass is 35.5. The van der Waals surface area contributed by atoms with Crippen molar-refractivity contribution < 1.29 is 14.3 Å². The van der Waals surface area contributed by atoms with E-state index in [0.717, 1.165) is 5.56 Å². The Hall–Kier alpha value is -1.35. The van der Waals surface area contributed by atoms with Gasteiger partial charge in [-0.05, 0) is 37.5 Å². The maximum absolute atomic E-state index is 11.8. The smallest absolute Gasteiger partial charge is 0.338 e. The first-order valence-electron chi connectivity index (χ1n) is 5.96. The largest absolute Gasteiger partial charge is 0.462 e. The summed E-state index contributed by atoms with van der Waals surface area (Å²) in [6, 6.07) is 5.20. The fourth-order valence-electron chi connectivity index (χ4n) is 1.86. The van der Waals surface area contributed by atoms with Gasteiger partial charge in [0.15, 0.2) is 5.78 Å². The van der Waals surface area contributed by atoms with Gasteiger partial charge in [-0.15, -0.1) is 11.6 Å². The highest BCUT2D eigenvalue weighted by Crippen LogP contribution is 2.28. The number of hydrogen-bond acceptors (Lipinski definition) is 3. The number of halogens is 1.